The van der Waals surface area contributed by atoms with E-state index in [9.17, 15) is 39.5 Å². The lowest BCUT2D eigenvalue weighted by molar-refractivity contribution is -0.412. The molecule has 2 amide bonds. The minimum atomic E-state index is -3.95. The van der Waals surface area contributed by atoms with E-state index in [-0.39, 0.29) is 29.0 Å². The summed E-state index contributed by atoms with van der Waals surface area (Å²) in [7, 11) is 0. The van der Waals surface area contributed by atoms with E-state index in [0.29, 0.717) is 24.7 Å². The SMILES string of the molecule is C=C1NC(=O)C(O)(N2Cc3c(OCc4ccc(CN5CCOCC5)cc4F)cccc3C2=O)C(O)(O)C1(O)O. The van der Waals surface area contributed by atoms with Gasteiger partial charge in [0.25, 0.3) is 29.1 Å². The molecular weight excluding hydrogens is 517 g/mol. The van der Waals surface area contributed by atoms with Crippen molar-refractivity contribution in [1.82, 2.24) is 15.1 Å². The van der Waals surface area contributed by atoms with Crippen molar-refractivity contribution in [2.24, 2.45) is 0 Å². The Kier molecular flexibility index (Phi) is 6.71. The molecule has 0 saturated carbocycles. The molecule has 2 saturated heterocycles. The molecule has 2 aromatic rings. The number of benzene rings is 2. The fourth-order valence-corrected chi connectivity index (χ4v) is 4.91. The number of carbonyl (C=O) groups is 2. The fourth-order valence-electron chi connectivity index (χ4n) is 4.91. The first-order chi connectivity index (χ1) is 18.4. The second-order valence-corrected chi connectivity index (χ2v) is 9.73. The molecule has 0 aromatic heterocycles. The summed E-state index contributed by atoms with van der Waals surface area (Å²) < 4.78 is 26.0. The molecule has 1 atom stereocenters. The minimum Gasteiger partial charge on any atom is -0.488 e. The average Bonchev–Trinajstić information content (AvgIpc) is 3.24. The number of halogens is 1. The maximum Gasteiger partial charge on any atom is 0.284 e. The normalized spacial score (nSPS) is 24.5. The van der Waals surface area contributed by atoms with Gasteiger partial charge in [-0.05, 0) is 23.8 Å². The van der Waals surface area contributed by atoms with Crippen LogP contribution in [0, 0.1) is 5.82 Å². The molecule has 1 unspecified atom stereocenters. The maximum absolute atomic E-state index is 14.9. The van der Waals surface area contributed by atoms with Crippen LogP contribution in [0.25, 0.3) is 0 Å². The molecule has 13 heteroatoms. The van der Waals surface area contributed by atoms with Crippen LogP contribution >= 0.6 is 0 Å². The molecule has 208 valence electrons. The van der Waals surface area contributed by atoms with E-state index in [0.717, 1.165) is 18.7 Å². The van der Waals surface area contributed by atoms with Crippen molar-refractivity contribution < 1.29 is 49.0 Å². The number of amides is 2. The molecule has 0 radical (unpaired) electrons. The smallest absolute Gasteiger partial charge is 0.284 e. The van der Waals surface area contributed by atoms with Crippen molar-refractivity contribution in [3.05, 3.63) is 76.7 Å². The van der Waals surface area contributed by atoms with Gasteiger partial charge in [0.1, 0.15) is 18.2 Å². The van der Waals surface area contributed by atoms with Crippen molar-refractivity contribution in [2.45, 2.75) is 37.0 Å². The molecule has 6 N–H and O–H groups in total. The van der Waals surface area contributed by atoms with E-state index in [1.807, 2.05) is 5.32 Å². The van der Waals surface area contributed by atoms with Gasteiger partial charge in [-0.2, -0.15) is 0 Å². The van der Waals surface area contributed by atoms with Gasteiger partial charge >= 0.3 is 0 Å². The van der Waals surface area contributed by atoms with Gasteiger partial charge in [0.2, 0.25) is 0 Å². The molecule has 5 rings (SSSR count). The molecule has 39 heavy (non-hydrogen) atoms. The van der Waals surface area contributed by atoms with Crippen molar-refractivity contribution in [1.29, 1.82) is 0 Å². The third-order valence-corrected chi connectivity index (χ3v) is 7.30. The Bertz CT molecular complexity index is 1340. The molecule has 3 aliphatic rings. The van der Waals surface area contributed by atoms with Gasteiger partial charge in [-0.1, -0.05) is 24.8 Å². The number of ether oxygens (including phenoxy) is 2. The van der Waals surface area contributed by atoms with Gasteiger partial charge in [0, 0.05) is 36.3 Å². The Labute approximate surface area is 222 Å². The van der Waals surface area contributed by atoms with E-state index in [2.05, 4.69) is 11.5 Å². The third-order valence-electron chi connectivity index (χ3n) is 7.30. The monoisotopic (exact) mass is 545 g/mol. The zero-order valence-corrected chi connectivity index (χ0v) is 20.8. The van der Waals surface area contributed by atoms with Crippen LogP contribution in [-0.2, 0) is 29.2 Å². The quantitative estimate of drug-likeness (QED) is 0.245. The lowest BCUT2D eigenvalue weighted by atomic mass is 9.85. The van der Waals surface area contributed by atoms with Gasteiger partial charge in [0.05, 0.1) is 25.5 Å². The topological polar surface area (TPSA) is 172 Å². The fraction of sp³-hybridized carbons (Fsp3) is 0.385. The lowest BCUT2D eigenvalue weighted by Gasteiger charge is -2.51. The Morgan fingerprint density at radius 3 is 2.49 bits per heavy atom. The van der Waals surface area contributed by atoms with Crippen molar-refractivity contribution >= 4 is 11.8 Å². The first-order valence-electron chi connectivity index (χ1n) is 12.1. The highest BCUT2D eigenvalue weighted by Crippen LogP contribution is 2.44. The zero-order valence-electron chi connectivity index (χ0n) is 20.8. The Morgan fingerprint density at radius 1 is 1.08 bits per heavy atom. The van der Waals surface area contributed by atoms with Crippen LogP contribution < -0.4 is 10.1 Å². The molecule has 2 fully saturated rings. The van der Waals surface area contributed by atoms with Crippen molar-refractivity contribution in [2.75, 3.05) is 26.3 Å². The first-order valence-corrected chi connectivity index (χ1v) is 12.1. The van der Waals surface area contributed by atoms with Gasteiger partial charge in [-0.15, -0.1) is 0 Å². The molecule has 0 spiro atoms. The van der Waals surface area contributed by atoms with E-state index >= 15 is 0 Å². The lowest BCUT2D eigenvalue weighted by Crippen LogP contribution is -2.83. The number of piperidine rings is 1. The maximum atomic E-state index is 14.9. The van der Waals surface area contributed by atoms with Crippen molar-refractivity contribution in [3.8, 4) is 5.75 Å². The molecule has 0 aliphatic carbocycles. The molecule has 3 aliphatic heterocycles. The van der Waals surface area contributed by atoms with E-state index in [4.69, 9.17) is 9.47 Å². The predicted octanol–water partition coefficient (Wildman–Crippen LogP) is -1.11. The summed E-state index contributed by atoms with van der Waals surface area (Å²) >= 11 is 0. The molecule has 2 aromatic carbocycles. The Hall–Kier alpha value is -3.43. The zero-order chi connectivity index (χ0) is 28.2. The third kappa shape index (κ3) is 4.28. The number of aliphatic hydroxyl groups is 5. The molecule has 3 heterocycles. The van der Waals surface area contributed by atoms with Crippen LogP contribution in [0.5, 0.6) is 5.75 Å². The van der Waals surface area contributed by atoms with Crippen LogP contribution in [0.3, 0.4) is 0 Å². The number of hydrogen-bond acceptors (Lipinski definition) is 10. The van der Waals surface area contributed by atoms with Crippen LogP contribution in [-0.4, -0.2) is 90.7 Å². The number of nitrogens with zero attached hydrogens (tertiary/aromatic N) is 2. The highest BCUT2D eigenvalue weighted by molar-refractivity contribution is 6.03. The highest BCUT2D eigenvalue weighted by atomic mass is 19.1. The second kappa shape index (κ2) is 9.64. The average molecular weight is 546 g/mol. The van der Waals surface area contributed by atoms with Crippen LogP contribution in [0.4, 0.5) is 4.39 Å². The second-order valence-electron chi connectivity index (χ2n) is 9.73. The largest absolute Gasteiger partial charge is 0.488 e. The standard InChI is InChI=1S/C26H28FN3O9/c1-15-25(34,35)26(36,37)24(33,23(32)28-15)30-13-19-18(22(30)31)3-2-4-21(19)39-14-17-6-5-16(11-20(17)27)12-29-7-9-38-10-8-29/h2-6,11,33-37H,1,7-10,12-14H2,(H,28,32). The number of morpholine rings is 1. The summed E-state index contributed by atoms with van der Waals surface area (Å²) in [4.78, 5) is 28.4. The van der Waals surface area contributed by atoms with Crippen LogP contribution in [0.2, 0.25) is 0 Å². The summed E-state index contributed by atoms with van der Waals surface area (Å²) in [6.45, 7) is 5.73. The van der Waals surface area contributed by atoms with E-state index in [1.54, 1.807) is 12.1 Å². The number of carbonyl (C=O) groups excluding carboxylic acids is 2. The van der Waals surface area contributed by atoms with Crippen molar-refractivity contribution in [3.63, 3.8) is 0 Å². The number of fused-ring (bicyclic) bond motifs is 1. The van der Waals surface area contributed by atoms with Gasteiger partial charge < -0.3 is 40.3 Å². The van der Waals surface area contributed by atoms with Crippen LogP contribution in [0.15, 0.2) is 48.7 Å². The number of hydrogen-bond donors (Lipinski definition) is 6. The molecule has 12 nitrogen and oxygen atoms in total. The van der Waals surface area contributed by atoms with Crippen LogP contribution in [0.1, 0.15) is 27.0 Å². The first kappa shape index (κ1) is 27.1. The number of rotatable bonds is 6. The summed E-state index contributed by atoms with van der Waals surface area (Å²) in [6, 6.07) is 9.12. The van der Waals surface area contributed by atoms with E-state index in [1.165, 1.54) is 24.3 Å². The highest BCUT2D eigenvalue weighted by Gasteiger charge is 2.74. The minimum absolute atomic E-state index is 0.0447. The summed E-state index contributed by atoms with van der Waals surface area (Å²) in [5.74, 6) is -10.4. The van der Waals surface area contributed by atoms with Gasteiger partial charge in [-0.25, -0.2) is 4.39 Å². The Balaban J connectivity index is 1.35. The molecule has 0 bridgehead atoms. The summed E-state index contributed by atoms with van der Waals surface area (Å²) in [5.41, 5.74) is -3.27. The van der Waals surface area contributed by atoms with Gasteiger partial charge in [-0.3, -0.25) is 19.4 Å². The Morgan fingerprint density at radius 2 is 1.79 bits per heavy atom. The molecular formula is C26H28FN3O9. The van der Waals surface area contributed by atoms with E-state index < -0.39 is 47.2 Å². The predicted molar refractivity (Wildman–Crippen MR) is 130 cm³/mol. The summed E-state index contributed by atoms with van der Waals surface area (Å²) in [6.07, 6.45) is 0. The van der Waals surface area contributed by atoms with Gasteiger partial charge in [0.15, 0.2) is 0 Å². The number of nitrogens with one attached hydrogen (secondary N) is 1. The summed E-state index contributed by atoms with van der Waals surface area (Å²) in [5, 5.41) is 54.3.